The van der Waals surface area contributed by atoms with Gasteiger partial charge in [0, 0.05) is 19.6 Å². The normalized spacial score (nSPS) is 18.1. The fourth-order valence-electron chi connectivity index (χ4n) is 4.04. The summed E-state index contributed by atoms with van der Waals surface area (Å²) < 4.78 is 10.9. The van der Waals surface area contributed by atoms with E-state index < -0.39 is 0 Å². The van der Waals surface area contributed by atoms with Gasteiger partial charge in [0.1, 0.15) is 0 Å². The lowest BCUT2D eigenvalue weighted by atomic mass is 10.0. The zero-order chi connectivity index (χ0) is 19.5. The third-order valence-electron chi connectivity index (χ3n) is 5.64. The highest BCUT2D eigenvalue weighted by molar-refractivity contribution is 5.86. The maximum absolute atomic E-state index is 5.45. The minimum Gasteiger partial charge on any atom is -0.493 e. The summed E-state index contributed by atoms with van der Waals surface area (Å²) >= 11 is 0. The molecule has 2 aromatic rings. The molecule has 1 aliphatic heterocycles. The number of benzene rings is 2. The zero-order valence-electron chi connectivity index (χ0n) is 16.7. The van der Waals surface area contributed by atoms with Gasteiger partial charge < -0.3 is 9.47 Å². The zero-order valence-corrected chi connectivity index (χ0v) is 16.7. The van der Waals surface area contributed by atoms with Gasteiger partial charge in [-0.1, -0.05) is 49.1 Å². The predicted molar refractivity (Wildman–Crippen MR) is 115 cm³/mol. The van der Waals surface area contributed by atoms with Gasteiger partial charge in [0.05, 0.1) is 14.2 Å². The Morgan fingerprint density at radius 3 is 2.50 bits per heavy atom. The molecule has 0 fully saturated rings. The topological polar surface area (TPSA) is 21.7 Å². The molecule has 0 saturated carbocycles. The number of hydrogen-bond donors (Lipinski definition) is 0. The predicted octanol–water partition coefficient (Wildman–Crippen LogP) is 5.03. The SMILES string of the molecule is C=C1/C(=C/C2=CCN(Cc3ccccc3)CC2)Cc2cc(OC)c(OC)cc21. The Labute approximate surface area is 167 Å². The van der Waals surface area contributed by atoms with E-state index in [1.807, 2.05) is 6.07 Å². The van der Waals surface area contributed by atoms with E-state index in [4.69, 9.17) is 9.47 Å². The molecule has 3 heteroatoms. The molecule has 4 rings (SSSR count). The minimum absolute atomic E-state index is 0.761. The number of allylic oxidation sites excluding steroid dienone is 3. The Bertz CT molecular complexity index is 941. The van der Waals surface area contributed by atoms with Crippen molar-refractivity contribution in [2.75, 3.05) is 27.3 Å². The fourth-order valence-corrected chi connectivity index (χ4v) is 4.04. The van der Waals surface area contributed by atoms with Crippen LogP contribution in [0.2, 0.25) is 0 Å². The Balaban J connectivity index is 1.47. The van der Waals surface area contributed by atoms with Crippen LogP contribution in [0.3, 0.4) is 0 Å². The van der Waals surface area contributed by atoms with Crippen molar-refractivity contribution in [3.05, 3.63) is 89.0 Å². The van der Waals surface area contributed by atoms with E-state index in [0.29, 0.717) is 0 Å². The molecular weight excluding hydrogens is 346 g/mol. The first-order valence-electron chi connectivity index (χ1n) is 9.78. The highest BCUT2D eigenvalue weighted by Crippen LogP contribution is 2.42. The van der Waals surface area contributed by atoms with Crippen LogP contribution in [0, 0.1) is 0 Å². The van der Waals surface area contributed by atoms with Crippen molar-refractivity contribution in [3.8, 4) is 11.5 Å². The van der Waals surface area contributed by atoms with Gasteiger partial charge in [-0.15, -0.1) is 0 Å². The second-order valence-corrected chi connectivity index (χ2v) is 7.44. The third-order valence-corrected chi connectivity index (χ3v) is 5.64. The smallest absolute Gasteiger partial charge is 0.161 e. The Hall–Kier alpha value is -2.78. The van der Waals surface area contributed by atoms with E-state index in [-0.39, 0.29) is 0 Å². The molecule has 2 aliphatic rings. The average molecular weight is 373 g/mol. The molecule has 0 saturated heterocycles. The van der Waals surface area contributed by atoms with Gasteiger partial charge in [0.15, 0.2) is 11.5 Å². The molecule has 0 amide bonds. The lowest BCUT2D eigenvalue weighted by Crippen LogP contribution is -2.28. The molecule has 3 nitrogen and oxygen atoms in total. The monoisotopic (exact) mass is 373 g/mol. The molecule has 0 radical (unpaired) electrons. The second kappa shape index (κ2) is 8.07. The molecule has 0 N–H and O–H groups in total. The Morgan fingerprint density at radius 1 is 1.07 bits per heavy atom. The number of fused-ring (bicyclic) bond motifs is 1. The van der Waals surface area contributed by atoms with Crippen molar-refractivity contribution < 1.29 is 9.47 Å². The van der Waals surface area contributed by atoms with Crippen molar-refractivity contribution >= 4 is 5.57 Å². The summed E-state index contributed by atoms with van der Waals surface area (Å²) in [6.45, 7) is 7.44. The van der Waals surface area contributed by atoms with Crippen LogP contribution in [0.15, 0.2) is 72.3 Å². The summed E-state index contributed by atoms with van der Waals surface area (Å²) in [4.78, 5) is 2.49. The second-order valence-electron chi connectivity index (χ2n) is 7.44. The molecule has 0 aromatic heterocycles. The van der Waals surface area contributed by atoms with Crippen molar-refractivity contribution in [3.63, 3.8) is 0 Å². The number of nitrogens with zero attached hydrogens (tertiary/aromatic N) is 1. The number of rotatable bonds is 5. The van der Waals surface area contributed by atoms with Crippen molar-refractivity contribution in [1.82, 2.24) is 4.90 Å². The van der Waals surface area contributed by atoms with Crippen LogP contribution in [0.1, 0.15) is 23.1 Å². The standard InChI is InChI=1S/C25H27NO2/c1-18-21(14-22-15-24(27-2)25(28-3)16-23(18)22)13-19-9-11-26(12-10-19)17-20-7-5-4-6-8-20/h4-9,13,15-16H,1,10-12,14,17H2,2-3H3/b21-13+. The first kappa shape index (κ1) is 18.6. The molecule has 0 atom stereocenters. The highest BCUT2D eigenvalue weighted by atomic mass is 16.5. The summed E-state index contributed by atoms with van der Waals surface area (Å²) in [6, 6.07) is 14.8. The van der Waals surface area contributed by atoms with Crippen molar-refractivity contribution in [2.45, 2.75) is 19.4 Å². The van der Waals surface area contributed by atoms with Crippen LogP contribution in [0.5, 0.6) is 11.5 Å². The van der Waals surface area contributed by atoms with E-state index in [0.717, 1.165) is 49.5 Å². The number of ether oxygens (including phenoxy) is 2. The van der Waals surface area contributed by atoms with Crippen LogP contribution >= 0.6 is 0 Å². The maximum Gasteiger partial charge on any atom is 0.161 e. The van der Waals surface area contributed by atoms with Crippen LogP contribution in [0.25, 0.3) is 5.57 Å². The number of hydrogen-bond acceptors (Lipinski definition) is 3. The van der Waals surface area contributed by atoms with Crippen molar-refractivity contribution in [1.29, 1.82) is 0 Å². The van der Waals surface area contributed by atoms with Gasteiger partial charge in [0.2, 0.25) is 0 Å². The lowest BCUT2D eigenvalue weighted by Gasteiger charge is -2.25. The van der Waals surface area contributed by atoms with Gasteiger partial charge in [-0.25, -0.2) is 0 Å². The van der Waals surface area contributed by atoms with Crippen LogP contribution in [-0.2, 0) is 13.0 Å². The molecule has 2 aromatic carbocycles. The molecule has 28 heavy (non-hydrogen) atoms. The minimum atomic E-state index is 0.761. The first-order chi connectivity index (χ1) is 13.7. The van der Waals surface area contributed by atoms with Crippen molar-refractivity contribution in [2.24, 2.45) is 0 Å². The summed E-state index contributed by atoms with van der Waals surface area (Å²) in [6.07, 6.45) is 6.67. The van der Waals surface area contributed by atoms with E-state index >= 15 is 0 Å². The van der Waals surface area contributed by atoms with Gasteiger partial charge >= 0.3 is 0 Å². The van der Waals surface area contributed by atoms with Gasteiger partial charge in [0.25, 0.3) is 0 Å². The van der Waals surface area contributed by atoms with E-state index in [2.05, 4.69) is 60.0 Å². The van der Waals surface area contributed by atoms with E-state index in [1.54, 1.807) is 14.2 Å². The average Bonchev–Trinajstić information content (AvgIpc) is 3.03. The summed E-state index contributed by atoms with van der Waals surface area (Å²) in [7, 11) is 3.35. The van der Waals surface area contributed by atoms with E-state index in [9.17, 15) is 0 Å². The third kappa shape index (κ3) is 3.76. The summed E-state index contributed by atoms with van der Waals surface area (Å²) in [5.74, 6) is 1.54. The number of methoxy groups -OCH3 is 2. The summed E-state index contributed by atoms with van der Waals surface area (Å²) in [5, 5.41) is 0. The molecule has 1 heterocycles. The van der Waals surface area contributed by atoms with Crippen LogP contribution < -0.4 is 9.47 Å². The van der Waals surface area contributed by atoms with Gasteiger partial charge in [-0.05, 0) is 58.4 Å². The molecule has 1 aliphatic carbocycles. The largest absolute Gasteiger partial charge is 0.493 e. The Morgan fingerprint density at radius 2 is 1.82 bits per heavy atom. The molecule has 0 bridgehead atoms. The lowest BCUT2D eigenvalue weighted by molar-refractivity contribution is 0.287. The van der Waals surface area contributed by atoms with Crippen LogP contribution in [0.4, 0.5) is 0 Å². The first-order valence-corrected chi connectivity index (χ1v) is 9.78. The van der Waals surface area contributed by atoms with E-state index in [1.165, 1.54) is 27.8 Å². The molecule has 0 spiro atoms. The Kier molecular flexibility index (Phi) is 5.36. The molecule has 0 unspecified atom stereocenters. The highest BCUT2D eigenvalue weighted by Gasteiger charge is 2.23. The quantitative estimate of drug-likeness (QED) is 0.734. The molecule has 144 valence electrons. The van der Waals surface area contributed by atoms with Gasteiger partial charge in [-0.3, -0.25) is 4.90 Å². The van der Waals surface area contributed by atoms with Crippen LogP contribution in [-0.4, -0.2) is 32.2 Å². The maximum atomic E-state index is 5.45. The summed E-state index contributed by atoms with van der Waals surface area (Å²) in [5.41, 5.74) is 7.62. The fraction of sp³-hybridized carbons (Fsp3) is 0.280. The van der Waals surface area contributed by atoms with Gasteiger partial charge in [-0.2, -0.15) is 0 Å². The molecular formula is C25H27NO2.